The zero-order chi connectivity index (χ0) is 12.4. The normalized spacial score (nSPS) is 14.8. The van der Waals surface area contributed by atoms with Gasteiger partial charge in [0.15, 0.2) is 0 Å². The molecule has 0 aliphatic rings. The van der Waals surface area contributed by atoms with Gasteiger partial charge in [0.2, 0.25) is 0 Å². The molecular weight excluding hydrogens is 244 g/mol. The molecule has 0 spiro atoms. The van der Waals surface area contributed by atoms with Crippen molar-refractivity contribution in [1.29, 1.82) is 0 Å². The van der Waals surface area contributed by atoms with Crippen LogP contribution in [0.15, 0.2) is 24.4 Å². The Bertz CT molecular complexity index is 535. The highest BCUT2D eigenvalue weighted by Crippen LogP contribution is 2.21. The zero-order valence-corrected chi connectivity index (χ0v) is 9.54. The largest absolute Gasteiger partial charge is 0.394 e. The number of aliphatic hydroxyl groups is 3. The second-order valence-electron chi connectivity index (χ2n) is 3.64. The highest BCUT2D eigenvalue weighted by molar-refractivity contribution is 6.29. The van der Waals surface area contributed by atoms with Crippen molar-refractivity contribution in [2.45, 2.75) is 12.2 Å². The lowest BCUT2D eigenvalue weighted by Gasteiger charge is -2.15. The minimum absolute atomic E-state index is 0.256. The lowest BCUT2D eigenvalue weighted by molar-refractivity contribution is -0.0152. The SMILES string of the molecule is OCC(O)C(O)c1ccc2ncc(Cl)nc2c1. The maximum atomic E-state index is 9.73. The third-order valence-corrected chi connectivity index (χ3v) is 2.61. The van der Waals surface area contributed by atoms with Crippen LogP contribution in [0.5, 0.6) is 0 Å². The predicted molar refractivity (Wildman–Crippen MR) is 62.6 cm³/mol. The number of aliphatic hydroxyl groups excluding tert-OH is 3. The zero-order valence-electron chi connectivity index (χ0n) is 8.79. The molecule has 0 aliphatic heterocycles. The quantitative estimate of drug-likeness (QED) is 0.750. The Balaban J connectivity index is 2.43. The van der Waals surface area contributed by atoms with Gasteiger partial charge in [0.05, 0.1) is 23.8 Å². The van der Waals surface area contributed by atoms with Crippen LogP contribution in [0.25, 0.3) is 11.0 Å². The average molecular weight is 255 g/mol. The van der Waals surface area contributed by atoms with Gasteiger partial charge in [0.1, 0.15) is 17.4 Å². The fourth-order valence-corrected chi connectivity index (χ4v) is 1.65. The number of rotatable bonds is 3. The first-order chi connectivity index (χ1) is 8.11. The molecule has 90 valence electrons. The fourth-order valence-electron chi connectivity index (χ4n) is 1.51. The smallest absolute Gasteiger partial charge is 0.148 e. The van der Waals surface area contributed by atoms with Gasteiger partial charge in [0, 0.05) is 0 Å². The van der Waals surface area contributed by atoms with Crippen molar-refractivity contribution < 1.29 is 15.3 Å². The van der Waals surface area contributed by atoms with Crippen LogP contribution >= 0.6 is 11.6 Å². The Labute approximate surface area is 102 Å². The molecule has 3 N–H and O–H groups in total. The maximum Gasteiger partial charge on any atom is 0.148 e. The molecule has 5 nitrogen and oxygen atoms in total. The molecular formula is C11H11ClN2O3. The maximum absolute atomic E-state index is 9.73. The van der Waals surface area contributed by atoms with E-state index in [-0.39, 0.29) is 5.15 Å². The van der Waals surface area contributed by atoms with Crippen molar-refractivity contribution >= 4 is 22.6 Å². The van der Waals surface area contributed by atoms with Gasteiger partial charge < -0.3 is 15.3 Å². The van der Waals surface area contributed by atoms with Crippen molar-refractivity contribution in [3.63, 3.8) is 0 Å². The minimum atomic E-state index is -1.22. The molecule has 0 saturated heterocycles. The summed E-state index contributed by atoms with van der Waals surface area (Å²) in [5.41, 5.74) is 1.62. The summed E-state index contributed by atoms with van der Waals surface area (Å²) in [5.74, 6) is 0. The van der Waals surface area contributed by atoms with Gasteiger partial charge in [-0.25, -0.2) is 4.98 Å². The third-order valence-electron chi connectivity index (χ3n) is 2.43. The van der Waals surface area contributed by atoms with Crippen LogP contribution in [-0.2, 0) is 0 Å². The first-order valence-electron chi connectivity index (χ1n) is 5.01. The molecule has 0 fully saturated rings. The number of benzene rings is 1. The molecule has 0 amide bonds. The van der Waals surface area contributed by atoms with E-state index in [1.807, 2.05) is 0 Å². The molecule has 0 radical (unpaired) electrons. The summed E-state index contributed by atoms with van der Waals surface area (Å²) in [6.07, 6.45) is -0.951. The van der Waals surface area contributed by atoms with Gasteiger partial charge in [-0.3, -0.25) is 4.98 Å². The summed E-state index contributed by atoms with van der Waals surface area (Å²) in [6.45, 7) is -0.513. The Morgan fingerprint density at radius 3 is 2.71 bits per heavy atom. The van der Waals surface area contributed by atoms with Crippen molar-refractivity contribution in [2.24, 2.45) is 0 Å². The van der Waals surface area contributed by atoms with E-state index in [1.54, 1.807) is 18.2 Å². The predicted octanol–water partition coefficient (Wildman–Crippen LogP) is 0.670. The van der Waals surface area contributed by atoms with E-state index < -0.39 is 18.8 Å². The molecule has 6 heteroatoms. The average Bonchev–Trinajstić information content (AvgIpc) is 2.36. The van der Waals surface area contributed by atoms with E-state index in [4.69, 9.17) is 16.7 Å². The van der Waals surface area contributed by atoms with Crippen LogP contribution in [0.4, 0.5) is 0 Å². The van der Waals surface area contributed by atoms with Gasteiger partial charge in [-0.2, -0.15) is 0 Å². The Morgan fingerprint density at radius 2 is 2.00 bits per heavy atom. The molecule has 0 aliphatic carbocycles. The summed E-state index contributed by atoms with van der Waals surface area (Å²) < 4.78 is 0. The highest BCUT2D eigenvalue weighted by Gasteiger charge is 2.17. The molecule has 2 atom stereocenters. The topological polar surface area (TPSA) is 86.5 Å². The van der Waals surface area contributed by atoms with Crippen LogP contribution in [0, 0.1) is 0 Å². The van der Waals surface area contributed by atoms with Crippen LogP contribution in [0.2, 0.25) is 5.15 Å². The lowest BCUT2D eigenvalue weighted by atomic mass is 10.0. The van der Waals surface area contributed by atoms with Gasteiger partial charge in [-0.15, -0.1) is 0 Å². The Kier molecular flexibility index (Phi) is 3.54. The molecule has 1 heterocycles. The van der Waals surface area contributed by atoms with E-state index in [9.17, 15) is 10.2 Å². The second-order valence-corrected chi connectivity index (χ2v) is 4.02. The van der Waals surface area contributed by atoms with Crippen molar-refractivity contribution in [2.75, 3.05) is 6.61 Å². The Morgan fingerprint density at radius 1 is 1.24 bits per heavy atom. The van der Waals surface area contributed by atoms with Gasteiger partial charge >= 0.3 is 0 Å². The number of nitrogens with zero attached hydrogens (tertiary/aromatic N) is 2. The van der Waals surface area contributed by atoms with Crippen molar-refractivity contribution in [3.05, 3.63) is 35.1 Å². The number of halogens is 1. The number of fused-ring (bicyclic) bond motifs is 1. The lowest BCUT2D eigenvalue weighted by Crippen LogP contribution is -2.21. The standard InChI is InChI=1S/C11H11ClN2O3/c12-10-4-13-7-2-1-6(3-8(7)14-10)11(17)9(16)5-15/h1-4,9,11,15-17H,5H2. The van der Waals surface area contributed by atoms with E-state index in [0.29, 0.717) is 16.6 Å². The molecule has 2 rings (SSSR count). The highest BCUT2D eigenvalue weighted by atomic mass is 35.5. The van der Waals surface area contributed by atoms with Crippen LogP contribution < -0.4 is 0 Å². The van der Waals surface area contributed by atoms with E-state index >= 15 is 0 Å². The monoisotopic (exact) mass is 254 g/mol. The van der Waals surface area contributed by atoms with Gasteiger partial charge in [-0.05, 0) is 17.7 Å². The van der Waals surface area contributed by atoms with E-state index in [2.05, 4.69) is 9.97 Å². The van der Waals surface area contributed by atoms with Crippen molar-refractivity contribution in [1.82, 2.24) is 9.97 Å². The summed E-state index contributed by atoms with van der Waals surface area (Å²) in [6, 6.07) is 4.87. The number of aromatic nitrogens is 2. The Hall–Kier alpha value is -1.27. The molecule has 17 heavy (non-hydrogen) atoms. The first kappa shape index (κ1) is 12.2. The second kappa shape index (κ2) is 4.93. The third kappa shape index (κ3) is 2.53. The number of hydrogen-bond acceptors (Lipinski definition) is 5. The van der Waals surface area contributed by atoms with Gasteiger partial charge in [-0.1, -0.05) is 17.7 Å². The molecule has 2 aromatic rings. The molecule has 0 bridgehead atoms. The number of hydrogen-bond donors (Lipinski definition) is 3. The summed E-state index contributed by atoms with van der Waals surface area (Å²) in [7, 11) is 0. The van der Waals surface area contributed by atoms with Crippen LogP contribution in [-0.4, -0.2) is 38.0 Å². The summed E-state index contributed by atoms with van der Waals surface area (Å²) in [4.78, 5) is 8.11. The summed E-state index contributed by atoms with van der Waals surface area (Å²) >= 11 is 5.71. The minimum Gasteiger partial charge on any atom is -0.394 e. The first-order valence-corrected chi connectivity index (χ1v) is 5.39. The molecule has 1 aromatic carbocycles. The van der Waals surface area contributed by atoms with Crippen LogP contribution in [0.1, 0.15) is 11.7 Å². The molecule has 0 saturated carbocycles. The molecule has 1 aromatic heterocycles. The van der Waals surface area contributed by atoms with Crippen molar-refractivity contribution in [3.8, 4) is 0 Å². The van der Waals surface area contributed by atoms with E-state index in [0.717, 1.165) is 0 Å². The fraction of sp³-hybridized carbons (Fsp3) is 0.273. The van der Waals surface area contributed by atoms with Gasteiger partial charge in [0.25, 0.3) is 0 Å². The molecule has 2 unspecified atom stereocenters. The summed E-state index contributed by atoms with van der Waals surface area (Å²) in [5, 5.41) is 28.1. The van der Waals surface area contributed by atoms with E-state index in [1.165, 1.54) is 6.20 Å². The van der Waals surface area contributed by atoms with Crippen LogP contribution in [0.3, 0.4) is 0 Å².